The predicted octanol–water partition coefficient (Wildman–Crippen LogP) is 3.54. The lowest BCUT2D eigenvalue weighted by molar-refractivity contribution is 0.488. The number of aryl methyl sites for hydroxylation is 2. The van der Waals surface area contributed by atoms with Gasteiger partial charge in [-0.15, -0.1) is 34.2 Å². The van der Waals surface area contributed by atoms with Crippen LogP contribution in [0.15, 0.2) is 4.99 Å². The van der Waals surface area contributed by atoms with Gasteiger partial charge < -0.3 is 15.2 Å². The summed E-state index contributed by atoms with van der Waals surface area (Å²) in [4.78, 5) is 4.33. The van der Waals surface area contributed by atoms with E-state index in [2.05, 4.69) is 51.2 Å². The molecule has 0 radical (unpaired) electrons. The smallest absolute Gasteiger partial charge is 0.191 e. The van der Waals surface area contributed by atoms with Gasteiger partial charge in [0, 0.05) is 39.0 Å². The molecule has 2 heterocycles. The number of nitrogens with one attached hydrogen (secondary N) is 2. The van der Waals surface area contributed by atoms with E-state index < -0.39 is 0 Å². The maximum absolute atomic E-state index is 4.40. The second-order valence-electron chi connectivity index (χ2n) is 7.61. The minimum atomic E-state index is 0. The van der Waals surface area contributed by atoms with Gasteiger partial charge in [0.2, 0.25) is 0 Å². The fourth-order valence-electron chi connectivity index (χ4n) is 3.27. The highest BCUT2D eigenvalue weighted by Crippen LogP contribution is 2.15. The Morgan fingerprint density at radius 3 is 2.69 bits per heavy atom. The molecule has 26 heavy (non-hydrogen) atoms. The van der Waals surface area contributed by atoms with Crippen LogP contribution >= 0.6 is 24.0 Å². The molecule has 1 unspecified atom stereocenters. The average Bonchev–Trinajstić information content (AvgIpc) is 2.82. The molecule has 1 aliphatic rings. The quantitative estimate of drug-likeness (QED) is 0.261. The van der Waals surface area contributed by atoms with Crippen molar-refractivity contribution >= 4 is 29.9 Å². The zero-order valence-electron chi connectivity index (χ0n) is 16.9. The molecule has 0 saturated carbocycles. The summed E-state index contributed by atoms with van der Waals surface area (Å²) in [5, 5.41) is 15.7. The number of halogens is 1. The Bertz CT molecular complexity index is 540. The zero-order valence-corrected chi connectivity index (χ0v) is 19.3. The Morgan fingerprint density at radius 2 is 1.96 bits per heavy atom. The third-order valence-electron chi connectivity index (χ3n) is 4.84. The maximum Gasteiger partial charge on any atom is 0.191 e. The lowest BCUT2D eigenvalue weighted by Crippen LogP contribution is -2.42. The Balaban J connectivity index is 0.00000338. The van der Waals surface area contributed by atoms with Crippen molar-refractivity contribution in [2.24, 2.45) is 10.9 Å². The summed E-state index contributed by atoms with van der Waals surface area (Å²) >= 11 is 0. The van der Waals surface area contributed by atoms with Crippen LogP contribution in [0.4, 0.5) is 0 Å². The molecule has 1 aromatic rings. The summed E-state index contributed by atoms with van der Waals surface area (Å²) in [6.45, 7) is 8.75. The van der Waals surface area contributed by atoms with Gasteiger partial charge >= 0.3 is 0 Å². The van der Waals surface area contributed by atoms with E-state index in [-0.39, 0.29) is 24.0 Å². The molecule has 0 fully saturated rings. The topological polar surface area (TPSA) is 67.1 Å². The number of hydrogen-bond acceptors (Lipinski definition) is 3. The number of aromatic nitrogens is 3. The van der Waals surface area contributed by atoms with Crippen LogP contribution in [0.1, 0.15) is 70.9 Å². The van der Waals surface area contributed by atoms with Crippen LogP contribution in [0.3, 0.4) is 0 Å². The first-order chi connectivity index (χ1) is 12.1. The molecule has 2 N–H and O–H groups in total. The lowest BCUT2D eigenvalue weighted by Gasteiger charge is -2.18. The molecule has 0 amide bonds. The van der Waals surface area contributed by atoms with Crippen molar-refractivity contribution in [1.82, 2.24) is 25.4 Å². The molecule has 0 spiro atoms. The molecule has 0 saturated heterocycles. The van der Waals surface area contributed by atoms with E-state index in [0.717, 1.165) is 50.1 Å². The molecule has 7 heteroatoms. The third-order valence-corrected chi connectivity index (χ3v) is 4.84. The average molecular weight is 476 g/mol. The van der Waals surface area contributed by atoms with Gasteiger partial charge in [-0.1, -0.05) is 20.3 Å². The summed E-state index contributed by atoms with van der Waals surface area (Å²) in [6.07, 6.45) is 9.31. The fraction of sp³-hybridized carbons (Fsp3) is 0.842. The standard InChI is InChI=1S/C19H36N6.HI/c1-15(2)11-12-16(3)22-19(20-4)21-13-8-10-18-24-23-17-9-6-5-7-14-25(17)18;/h15-16H,5-14H2,1-4H3,(H2,20,21,22);1H. The van der Waals surface area contributed by atoms with Gasteiger partial charge in [-0.2, -0.15) is 0 Å². The van der Waals surface area contributed by atoms with Crippen LogP contribution in [0, 0.1) is 5.92 Å². The van der Waals surface area contributed by atoms with Gasteiger partial charge in [-0.25, -0.2) is 0 Å². The number of guanidine groups is 1. The number of hydrogen-bond donors (Lipinski definition) is 2. The van der Waals surface area contributed by atoms with Gasteiger partial charge in [0.1, 0.15) is 11.6 Å². The van der Waals surface area contributed by atoms with Gasteiger partial charge in [-0.05, 0) is 44.9 Å². The van der Waals surface area contributed by atoms with Crippen molar-refractivity contribution in [3.8, 4) is 0 Å². The summed E-state index contributed by atoms with van der Waals surface area (Å²) in [5.41, 5.74) is 0. The highest BCUT2D eigenvalue weighted by molar-refractivity contribution is 14.0. The second-order valence-corrected chi connectivity index (χ2v) is 7.61. The first kappa shape index (κ1) is 23.2. The van der Waals surface area contributed by atoms with Crippen molar-refractivity contribution in [1.29, 1.82) is 0 Å². The van der Waals surface area contributed by atoms with Crippen molar-refractivity contribution in [2.45, 2.75) is 84.7 Å². The normalized spacial score (nSPS) is 15.8. The molecule has 6 nitrogen and oxygen atoms in total. The Kier molecular flexibility index (Phi) is 11.2. The SMILES string of the molecule is CN=C(NCCCc1nnc2n1CCCCC2)NC(C)CCC(C)C.I. The Morgan fingerprint density at radius 1 is 1.15 bits per heavy atom. The first-order valence-corrected chi connectivity index (χ1v) is 9.98. The van der Waals surface area contributed by atoms with Gasteiger partial charge in [0.05, 0.1) is 0 Å². The van der Waals surface area contributed by atoms with E-state index >= 15 is 0 Å². The molecule has 1 aromatic heterocycles. The van der Waals surface area contributed by atoms with E-state index in [4.69, 9.17) is 0 Å². The molecule has 0 bridgehead atoms. The number of aliphatic imine (C=N–C) groups is 1. The van der Waals surface area contributed by atoms with Crippen LogP contribution in [-0.2, 0) is 19.4 Å². The van der Waals surface area contributed by atoms with E-state index in [1.165, 1.54) is 37.9 Å². The monoisotopic (exact) mass is 476 g/mol. The van der Waals surface area contributed by atoms with Gasteiger partial charge in [-0.3, -0.25) is 4.99 Å². The summed E-state index contributed by atoms with van der Waals surface area (Å²) in [5.74, 6) is 3.97. The van der Waals surface area contributed by atoms with Gasteiger partial charge in [0.15, 0.2) is 5.96 Å². The summed E-state index contributed by atoms with van der Waals surface area (Å²) in [7, 11) is 1.84. The Labute approximate surface area is 176 Å². The van der Waals surface area contributed by atoms with Crippen LogP contribution in [-0.4, -0.2) is 40.4 Å². The van der Waals surface area contributed by atoms with E-state index in [1.54, 1.807) is 0 Å². The molecule has 0 aliphatic carbocycles. The Hall–Kier alpha value is -0.860. The third kappa shape index (κ3) is 7.80. The van der Waals surface area contributed by atoms with Crippen LogP contribution in [0.5, 0.6) is 0 Å². The zero-order chi connectivity index (χ0) is 18.1. The van der Waals surface area contributed by atoms with Crippen LogP contribution in [0.25, 0.3) is 0 Å². The molecule has 2 rings (SSSR count). The van der Waals surface area contributed by atoms with Crippen molar-refractivity contribution in [3.05, 3.63) is 11.6 Å². The highest BCUT2D eigenvalue weighted by Gasteiger charge is 2.14. The molecule has 0 aromatic carbocycles. The van der Waals surface area contributed by atoms with E-state index in [1.807, 2.05) is 7.05 Å². The van der Waals surface area contributed by atoms with Crippen molar-refractivity contribution in [3.63, 3.8) is 0 Å². The number of rotatable bonds is 8. The predicted molar refractivity (Wildman–Crippen MR) is 119 cm³/mol. The first-order valence-electron chi connectivity index (χ1n) is 9.98. The minimum Gasteiger partial charge on any atom is -0.356 e. The molecular formula is C19H37IN6. The number of nitrogens with zero attached hydrogens (tertiary/aromatic N) is 4. The summed E-state index contributed by atoms with van der Waals surface area (Å²) in [6, 6.07) is 0.445. The maximum atomic E-state index is 4.40. The minimum absolute atomic E-state index is 0. The second kappa shape index (κ2) is 12.5. The van der Waals surface area contributed by atoms with Crippen LogP contribution in [0.2, 0.25) is 0 Å². The van der Waals surface area contributed by atoms with E-state index in [9.17, 15) is 0 Å². The fourth-order valence-corrected chi connectivity index (χ4v) is 3.27. The van der Waals surface area contributed by atoms with E-state index in [0.29, 0.717) is 6.04 Å². The van der Waals surface area contributed by atoms with Crippen molar-refractivity contribution in [2.75, 3.05) is 13.6 Å². The largest absolute Gasteiger partial charge is 0.356 e. The molecule has 1 atom stereocenters. The summed E-state index contributed by atoms with van der Waals surface area (Å²) < 4.78 is 2.34. The number of fused-ring (bicyclic) bond motifs is 1. The molecular weight excluding hydrogens is 439 g/mol. The van der Waals surface area contributed by atoms with Crippen LogP contribution < -0.4 is 10.6 Å². The van der Waals surface area contributed by atoms with Gasteiger partial charge in [0.25, 0.3) is 0 Å². The van der Waals surface area contributed by atoms with Crippen molar-refractivity contribution < 1.29 is 0 Å². The molecule has 1 aliphatic heterocycles. The molecule has 150 valence electrons. The lowest BCUT2D eigenvalue weighted by atomic mass is 10.0. The highest BCUT2D eigenvalue weighted by atomic mass is 127.